The molecule has 0 aromatic carbocycles. The van der Waals surface area contributed by atoms with Gasteiger partial charge in [-0.15, -0.1) is 0 Å². The highest BCUT2D eigenvalue weighted by Crippen LogP contribution is 2.23. The molecule has 2 rings (SSSR count). The number of nitrogens with zero attached hydrogens (tertiary/aromatic N) is 3. The predicted octanol–water partition coefficient (Wildman–Crippen LogP) is 2.15. The number of hydrogen-bond donors (Lipinski definition) is 0. The van der Waals surface area contributed by atoms with E-state index in [0.717, 1.165) is 49.7 Å². The normalized spacial score (nSPS) is 16.9. The summed E-state index contributed by atoms with van der Waals surface area (Å²) in [5.74, 6) is 2.41. The lowest BCUT2D eigenvalue weighted by Gasteiger charge is -2.31. The summed E-state index contributed by atoms with van der Waals surface area (Å²) in [6.07, 6.45) is 2.82. The van der Waals surface area contributed by atoms with Gasteiger partial charge in [-0.25, -0.2) is 9.97 Å². The molecule has 1 fully saturated rings. The van der Waals surface area contributed by atoms with Crippen LogP contribution in [-0.4, -0.2) is 28.8 Å². The van der Waals surface area contributed by atoms with Crippen LogP contribution in [0.25, 0.3) is 0 Å². The van der Waals surface area contributed by atoms with Gasteiger partial charge in [-0.1, -0.05) is 6.92 Å². The average molecular weight is 247 g/mol. The van der Waals surface area contributed by atoms with Gasteiger partial charge in [0.1, 0.15) is 17.4 Å². The van der Waals surface area contributed by atoms with E-state index >= 15 is 0 Å². The van der Waals surface area contributed by atoms with Crippen LogP contribution in [0, 0.1) is 12.8 Å². The first-order chi connectivity index (χ1) is 8.60. The second kappa shape index (κ2) is 5.46. The van der Waals surface area contributed by atoms with Crippen molar-refractivity contribution in [2.75, 3.05) is 18.0 Å². The zero-order chi connectivity index (χ0) is 13.1. The lowest BCUT2D eigenvalue weighted by atomic mass is 9.93. The van der Waals surface area contributed by atoms with Gasteiger partial charge in [-0.05, 0) is 33.1 Å². The molecule has 1 aliphatic heterocycles. The molecule has 0 aliphatic carbocycles. The number of hydrogen-bond acceptors (Lipinski definition) is 4. The molecule has 0 amide bonds. The molecular weight excluding hydrogens is 226 g/mol. The summed E-state index contributed by atoms with van der Waals surface area (Å²) in [7, 11) is 0. The quantitative estimate of drug-likeness (QED) is 0.821. The Morgan fingerprint density at radius 1 is 1.39 bits per heavy atom. The van der Waals surface area contributed by atoms with E-state index in [1.807, 2.05) is 6.92 Å². The largest absolute Gasteiger partial charge is 0.356 e. The van der Waals surface area contributed by atoms with Gasteiger partial charge < -0.3 is 4.90 Å². The highest BCUT2D eigenvalue weighted by molar-refractivity contribution is 5.78. The number of piperidine rings is 1. The smallest absolute Gasteiger partial charge is 0.133 e. The third-order valence-electron chi connectivity index (χ3n) is 3.63. The molecule has 4 heteroatoms. The lowest BCUT2D eigenvalue weighted by Crippen LogP contribution is -2.36. The van der Waals surface area contributed by atoms with E-state index in [2.05, 4.69) is 27.9 Å². The van der Waals surface area contributed by atoms with E-state index in [-0.39, 0.29) is 5.92 Å². The highest BCUT2D eigenvalue weighted by atomic mass is 16.1. The van der Waals surface area contributed by atoms with Gasteiger partial charge in [0, 0.05) is 30.8 Å². The molecule has 98 valence electrons. The van der Waals surface area contributed by atoms with Crippen molar-refractivity contribution < 1.29 is 4.79 Å². The Balaban J connectivity index is 2.09. The van der Waals surface area contributed by atoms with E-state index in [0.29, 0.717) is 5.78 Å². The fraction of sp³-hybridized carbons (Fsp3) is 0.643. The molecule has 0 unspecified atom stereocenters. The molecular formula is C14H21N3O. The van der Waals surface area contributed by atoms with Gasteiger partial charge in [0.05, 0.1) is 0 Å². The van der Waals surface area contributed by atoms with Crippen molar-refractivity contribution in [2.24, 2.45) is 5.92 Å². The van der Waals surface area contributed by atoms with Gasteiger partial charge in [0.2, 0.25) is 0 Å². The Morgan fingerprint density at radius 2 is 2.06 bits per heavy atom. The van der Waals surface area contributed by atoms with Crippen molar-refractivity contribution in [3.8, 4) is 0 Å². The SMILES string of the molecule is CCc1cc(N2CCC(C(C)=O)CC2)nc(C)n1. The molecule has 1 aromatic rings. The molecule has 0 N–H and O–H groups in total. The number of anilines is 1. The van der Waals surface area contributed by atoms with Crippen LogP contribution in [0.5, 0.6) is 0 Å². The maximum atomic E-state index is 11.4. The Bertz CT molecular complexity index is 437. The predicted molar refractivity (Wildman–Crippen MR) is 71.8 cm³/mol. The summed E-state index contributed by atoms with van der Waals surface area (Å²) in [6.45, 7) is 7.58. The van der Waals surface area contributed by atoms with Gasteiger partial charge >= 0.3 is 0 Å². The molecule has 0 spiro atoms. The molecule has 0 saturated carbocycles. The Morgan fingerprint density at radius 3 is 2.61 bits per heavy atom. The molecule has 1 aliphatic rings. The van der Waals surface area contributed by atoms with Gasteiger partial charge in [-0.3, -0.25) is 4.79 Å². The second-order valence-corrected chi connectivity index (χ2v) is 4.99. The maximum absolute atomic E-state index is 11.4. The fourth-order valence-corrected chi connectivity index (χ4v) is 2.47. The first kappa shape index (κ1) is 13.0. The topological polar surface area (TPSA) is 46.1 Å². The summed E-state index contributed by atoms with van der Waals surface area (Å²) in [5, 5.41) is 0. The Hall–Kier alpha value is -1.45. The lowest BCUT2D eigenvalue weighted by molar-refractivity contribution is -0.121. The first-order valence-corrected chi connectivity index (χ1v) is 6.70. The number of Topliss-reactive ketones (excluding diaryl/α,β-unsaturated/α-hetero) is 1. The summed E-state index contributed by atoms with van der Waals surface area (Å²) < 4.78 is 0. The number of ketones is 1. The third-order valence-corrected chi connectivity index (χ3v) is 3.63. The summed E-state index contributed by atoms with van der Waals surface area (Å²) in [5.41, 5.74) is 1.09. The maximum Gasteiger partial charge on any atom is 0.133 e. The van der Waals surface area contributed by atoms with Gasteiger partial charge in [0.25, 0.3) is 0 Å². The molecule has 0 atom stereocenters. The van der Waals surface area contributed by atoms with Crippen LogP contribution in [0.4, 0.5) is 5.82 Å². The van der Waals surface area contributed by atoms with E-state index in [9.17, 15) is 4.79 Å². The molecule has 18 heavy (non-hydrogen) atoms. The minimum atomic E-state index is 0.245. The molecule has 0 radical (unpaired) electrons. The van der Waals surface area contributed by atoms with Crippen molar-refractivity contribution in [1.29, 1.82) is 0 Å². The van der Waals surface area contributed by atoms with Crippen molar-refractivity contribution >= 4 is 11.6 Å². The number of aryl methyl sites for hydroxylation is 2. The van der Waals surface area contributed by atoms with Crippen LogP contribution >= 0.6 is 0 Å². The van der Waals surface area contributed by atoms with Crippen LogP contribution in [0.1, 0.15) is 38.2 Å². The molecule has 1 saturated heterocycles. The monoisotopic (exact) mass is 247 g/mol. The van der Waals surface area contributed by atoms with Crippen LogP contribution in [-0.2, 0) is 11.2 Å². The van der Waals surface area contributed by atoms with Gasteiger partial charge in [-0.2, -0.15) is 0 Å². The average Bonchev–Trinajstić information content (AvgIpc) is 2.38. The number of carbonyl (C=O) groups excluding carboxylic acids is 1. The highest BCUT2D eigenvalue weighted by Gasteiger charge is 2.23. The van der Waals surface area contributed by atoms with Crippen molar-refractivity contribution in [3.63, 3.8) is 0 Å². The van der Waals surface area contributed by atoms with E-state index in [1.165, 1.54) is 0 Å². The number of rotatable bonds is 3. The van der Waals surface area contributed by atoms with Crippen LogP contribution in [0.15, 0.2) is 6.07 Å². The zero-order valence-electron chi connectivity index (χ0n) is 11.4. The van der Waals surface area contributed by atoms with Gasteiger partial charge in [0.15, 0.2) is 0 Å². The number of carbonyl (C=O) groups is 1. The first-order valence-electron chi connectivity index (χ1n) is 6.70. The summed E-state index contributed by atoms with van der Waals surface area (Å²) >= 11 is 0. The van der Waals surface area contributed by atoms with Crippen molar-refractivity contribution in [3.05, 3.63) is 17.6 Å². The van der Waals surface area contributed by atoms with Crippen LogP contribution in [0.3, 0.4) is 0 Å². The van der Waals surface area contributed by atoms with Crippen LogP contribution in [0.2, 0.25) is 0 Å². The molecule has 1 aromatic heterocycles. The van der Waals surface area contributed by atoms with Crippen LogP contribution < -0.4 is 4.90 Å². The Kier molecular flexibility index (Phi) is 3.94. The van der Waals surface area contributed by atoms with Crippen molar-refractivity contribution in [2.45, 2.75) is 40.0 Å². The third kappa shape index (κ3) is 2.86. The standard InChI is InChI=1S/C14H21N3O/c1-4-13-9-14(16-11(3)15-13)17-7-5-12(6-8-17)10(2)18/h9,12H,4-8H2,1-3H3. The second-order valence-electron chi connectivity index (χ2n) is 4.99. The van der Waals surface area contributed by atoms with Crippen molar-refractivity contribution in [1.82, 2.24) is 9.97 Å². The van der Waals surface area contributed by atoms with E-state index < -0.39 is 0 Å². The van der Waals surface area contributed by atoms with E-state index in [1.54, 1.807) is 6.92 Å². The molecule has 0 bridgehead atoms. The fourth-order valence-electron chi connectivity index (χ4n) is 2.47. The van der Waals surface area contributed by atoms with E-state index in [4.69, 9.17) is 0 Å². The summed E-state index contributed by atoms with van der Waals surface area (Å²) in [6, 6.07) is 2.07. The molecule has 4 nitrogen and oxygen atoms in total. The number of aromatic nitrogens is 2. The minimum absolute atomic E-state index is 0.245. The Labute approximate surface area is 108 Å². The summed E-state index contributed by atoms with van der Waals surface area (Å²) in [4.78, 5) is 22.5. The zero-order valence-corrected chi connectivity index (χ0v) is 11.4. The molecule has 2 heterocycles. The minimum Gasteiger partial charge on any atom is -0.356 e.